The quantitative estimate of drug-likeness (QED) is 0.613. The second-order valence-corrected chi connectivity index (χ2v) is 11.9. The van der Waals surface area contributed by atoms with Crippen molar-refractivity contribution in [1.29, 1.82) is 0 Å². The molecule has 4 nitrogen and oxygen atoms in total. The van der Waals surface area contributed by atoms with Crippen LogP contribution in [-0.4, -0.2) is 34.9 Å². The van der Waals surface area contributed by atoms with Gasteiger partial charge in [0.25, 0.3) is 0 Å². The molecule has 0 radical (unpaired) electrons. The standard InChI is InChI=1S/C26H45NO3/c1-5-27-23(30)9-6-16(2)19-7-8-20-24-21(11-13-26(19,20)4)25(3)12-10-18(28)14-17(25)15-22(24)29/h16-22,24,28-29H,5-15H2,1-4H3,(H,27,30). The maximum atomic E-state index is 12.0. The highest BCUT2D eigenvalue weighted by atomic mass is 16.3. The Kier molecular flexibility index (Phi) is 6.31. The number of rotatable bonds is 5. The Morgan fingerprint density at radius 3 is 2.47 bits per heavy atom. The molecule has 10 atom stereocenters. The van der Waals surface area contributed by atoms with Crippen LogP contribution in [0.1, 0.15) is 91.9 Å². The molecule has 4 fully saturated rings. The van der Waals surface area contributed by atoms with Gasteiger partial charge in [-0.2, -0.15) is 0 Å². The largest absolute Gasteiger partial charge is 0.393 e. The molecule has 0 bridgehead atoms. The van der Waals surface area contributed by atoms with Gasteiger partial charge in [-0.05, 0) is 111 Å². The Hall–Kier alpha value is -0.610. The Labute approximate surface area is 183 Å². The molecule has 4 aliphatic rings. The van der Waals surface area contributed by atoms with E-state index in [1.807, 2.05) is 6.92 Å². The van der Waals surface area contributed by atoms with Gasteiger partial charge in [0.2, 0.25) is 5.91 Å². The lowest BCUT2D eigenvalue weighted by Crippen LogP contribution is -2.58. The minimum atomic E-state index is -0.201. The van der Waals surface area contributed by atoms with Crippen LogP contribution in [0, 0.1) is 46.3 Å². The second kappa shape index (κ2) is 8.39. The zero-order chi connectivity index (χ0) is 21.7. The molecule has 0 heterocycles. The third kappa shape index (κ3) is 3.64. The number of hydrogen-bond donors (Lipinski definition) is 3. The minimum absolute atomic E-state index is 0.165. The maximum Gasteiger partial charge on any atom is 0.219 e. The summed E-state index contributed by atoms with van der Waals surface area (Å²) in [6.45, 7) is 10.1. The Balaban J connectivity index is 1.49. The molecule has 0 aromatic rings. The Morgan fingerprint density at radius 2 is 1.73 bits per heavy atom. The van der Waals surface area contributed by atoms with E-state index in [1.165, 1.54) is 25.7 Å². The van der Waals surface area contributed by atoms with Crippen LogP contribution in [0.2, 0.25) is 0 Å². The minimum Gasteiger partial charge on any atom is -0.393 e. The first-order valence-electron chi connectivity index (χ1n) is 12.8. The Morgan fingerprint density at radius 1 is 1.03 bits per heavy atom. The summed E-state index contributed by atoms with van der Waals surface area (Å²) >= 11 is 0. The smallest absolute Gasteiger partial charge is 0.219 e. The van der Waals surface area contributed by atoms with Gasteiger partial charge in [0.1, 0.15) is 0 Å². The van der Waals surface area contributed by atoms with Crippen molar-refractivity contribution >= 4 is 5.91 Å². The van der Waals surface area contributed by atoms with E-state index in [-0.39, 0.29) is 18.1 Å². The topological polar surface area (TPSA) is 69.6 Å². The first-order chi connectivity index (χ1) is 14.2. The molecule has 10 unspecified atom stereocenters. The number of carbonyl (C=O) groups excluding carboxylic acids is 1. The van der Waals surface area contributed by atoms with Gasteiger partial charge < -0.3 is 15.5 Å². The van der Waals surface area contributed by atoms with Gasteiger partial charge in [0.15, 0.2) is 0 Å². The van der Waals surface area contributed by atoms with Crippen LogP contribution in [0.3, 0.4) is 0 Å². The number of aliphatic hydroxyl groups is 2. The maximum absolute atomic E-state index is 12.0. The molecule has 1 amide bonds. The van der Waals surface area contributed by atoms with Crippen LogP contribution in [0.5, 0.6) is 0 Å². The number of fused-ring (bicyclic) bond motifs is 5. The number of hydrogen-bond acceptors (Lipinski definition) is 3. The normalized spacial score (nSPS) is 48.9. The summed E-state index contributed by atoms with van der Waals surface area (Å²) < 4.78 is 0. The van der Waals surface area contributed by atoms with Gasteiger partial charge >= 0.3 is 0 Å². The van der Waals surface area contributed by atoms with E-state index in [9.17, 15) is 15.0 Å². The molecule has 0 aliphatic heterocycles. The number of nitrogens with one attached hydrogen (secondary N) is 1. The van der Waals surface area contributed by atoms with Crippen molar-refractivity contribution in [1.82, 2.24) is 5.32 Å². The first-order valence-corrected chi connectivity index (χ1v) is 12.8. The Bertz CT molecular complexity index is 638. The van der Waals surface area contributed by atoms with Crippen LogP contribution in [0.4, 0.5) is 0 Å². The molecule has 4 heteroatoms. The van der Waals surface area contributed by atoms with Gasteiger partial charge in [-0.1, -0.05) is 20.8 Å². The second-order valence-electron chi connectivity index (χ2n) is 11.9. The lowest BCUT2D eigenvalue weighted by atomic mass is 9.43. The zero-order valence-corrected chi connectivity index (χ0v) is 19.7. The molecular formula is C26H45NO3. The summed E-state index contributed by atoms with van der Waals surface area (Å²) in [4.78, 5) is 12.0. The fourth-order valence-electron chi connectivity index (χ4n) is 9.02. The third-order valence-electron chi connectivity index (χ3n) is 10.6. The van der Waals surface area contributed by atoms with Gasteiger partial charge in [-0.15, -0.1) is 0 Å². The average molecular weight is 420 g/mol. The predicted molar refractivity (Wildman–Crippen MR) is 120 cm³/mol. The van der Waals surface area contributed by atoms with Crippen LogP contribution in [0.25, 0.3) is 0 Å². The highest BCUT2D eigenvalue weighted by molar-refractivity contribution is 5.75. The van der Waals surface area contributed by atoms with E-state index in [1.54, 1.807) is 0 Å². The van der Waals surface area contributed by atoms with E-state index in [2.05, 4.69) is 26.1 Å². The molecule has 4 saturated carbocycles. The van der Waals surface area contributed by atoms with Crippen molar-refractivity contribution in [2.75, 3.05) is 6.54 Å². The molecule has 4 aliphatic carbocycles. The fraction of sp³-hybridized carbons (Fsp3) is 0.962. The molecule has 0 aromatic heterocycles. The van der Waals surface area contributed by atoms with Crippen molar-refractivity contribution < 1.29 is 15.0 Å². The summed E-state index contributed by atoms with van der Waals surface area (Å²) in [6.07, 6.45) is 10.1. The molecule has 3 N–H and O–H groups in total. The fourth-order valence-corrected chi connectivity index (χ4v) is 9.02. The summed E-state index contributed by atoms with van der Waals surface area (Å²) in [5, 5.41) is 24.5. The average Bonchev–Trinajstić information content (AvgIpc) is 3.05. The van der Waals surface area contributed by atoms with Crippen molar-refractivity contribution in [3.05, 3.63) is 0 Å². The van der Waals surface area contributed by atoms with E-state index >= 15 is 0 Å². The molecule has 0 saturated heterocycles. The number of aliphatic hydroxyl groups excluding tert-OH is 2. The van der Waals surface area contributed by atoms with Crippen molar-refractivity contribution in [2.24, 2.45) is 46.3 Å². The van der Waals surface area contributed by atoms with Crippen LogP contribution < -0.4 is 5.32 Å². The molecule has 30 heavy (non-hydrogen) atoms. The number of carbonyl (C=O) groups is 1. The summed E-state index contributed by atoms with van der Waals surface area (Å²) in [6, 6.07) is 0. The van der Waals surface area contributed by atoms with Crippen LogP contribution >= 0.6 is 0 Å². The van der Waals surface area contributed by atoms with E-state index in [4.69, 9.17) is 0 Å². The van der Waals surface area contributed by atoms with E-state index in [0.717, 1.165) is 32.1 Å². The molecular weight excluding hydrogens is 374 g/mol. The first kappa shape index (κ1) is 22.6. The van der Waals surface area contributed by atoms with Crippen LogP contribution in [0.15, 0.2) is 0 Å². The highest BCUT2D eigenvalue weighted by Crippen LogP contribution is 2.68. The van der Waals surface area contributed by atoms with Crippen molar-refractivity contribution in [3.8, 4) is 0 Å². The van der Waals surface area contributed by atoms with Crippen LogP contribution in [-0.2, 0) is 4.79 Å². The lowest BCUT2D eigenvalue weighted by molar-refractivity contribution is -0.174. The molecule has 0 aromatic carbocycles. The molecule has 172 valence electrons. The third-order valence-corrected chi connectivity index (χ3v) is 10.6. The summed E-state index contributed by atoms with van der Waals surface area (Å²) in [5.41, 5.74) is 0.604. The van der Waals surface area contributed by atoms with Gasteiger partial charge in [0, 0.05) is 13.0 Å². The van der Waals surface area contributed by atoms with Crippen molar-refractivity contribution in [2.45, 2.75) is 104 Å². The SMILES string of the molecule is CCNC(=O)CCC(C)C1CCC2C3C(O)CC4CC(O)CCC4(C)C3CCC12C. The van der Waals surface area contributed by atoms with Gasteiger partial charge in [0.05, 0.1) is 12.2 Å². The monoisotopic (exact) mass is 419 g/mol. The predicted octanol–water partition coefficient (Wildman–Crippen LogP) is 4.53. The summed E-state index contributed by atoms with van der Waals surface area (Å²) in [7, 11) is 0. The highest BCUT2D eigenvalue weighted by Gasteiger charge is 2.62. The van der Waals surface area contributed by atoms with Gasteiger partial charge in [-0.25, -0.2) is 0 Å². The summed E-state index contributed by atoms with van der Waals surface area (Å²) in [5.74, 6) is 3.57. The van der Waals surface area contributed by atoms with Gasteiger partial charge in [-0.3, -0.25) is 4.79 Å². The molecule has 0 spiro atoms. The van der Waals surface area contributed by atoms with E-state index < -0.39 is 0 Å². The molecule has 4 rings (SSSR count). The zero-order valence-electron chi connectivity index (χ0n) is 19.7. The lowest BCUT2D eigenvalue weighted by Gasteiger charge is -2.62. The van der Waals surface area contributed by atoms with E-state index in [0.29, 0.717) is 59.3 Å². The van der Waals surface area contributed by atoms with Crippen molar-refractivity contribution in [3.63, 3.8) is 0 Å². The number of amides is 1.